The Hall–Kier alpha value is -2.70. The largest absolute Gasteiger partial charge is 0.366 e. The average Bonchev–Trinajstić information content (AvgIpc) is 3.06. The summed E-state index contributed by atoms with van der Waals surface area (Å²) in [5.74, 6) is 0.354. The van der Waals surface area contributed by atoms with Gasteiger partial charge < -0.3 is 10.6 Å². The lowest BCUT2D eigenvalue weighted by molar-refractivity contribution is -0.121. The number of carbonyl (C=O) groups excluding carboxylic acids is 1. The minimum Gasteiger partial charge on any atom is -0.366 e. The zero-order valence-electron chi connectivity index (χ0n) is 17.0. The molecule has 0 saturated carbocycles. The van der Waals surface area contributed by atoms with Crippen molar-refractivity contribution >= 4 is 37.5 Å². The summed E-state index contributed by atoms with van der Waals surface area (Å²) in [6.07, 6.45) is 3.87. The fraction of sp³-hybridized carbons (Fsp3) is 0.368. The van der Waals surface area contributed by atoms with Crippen molar-refractivity contribution in [3.05, 3.63) is 42.1 Å². The van der Waals surface area contributed by atoms with Gasteiger partial charge in [-0.2, -0.15) is 0 Å². The van der Waals surface area contributed by atoms with E-state index in [1.54, 1.807) is 18.3 Å². The van der Waals surface area contributed by atoms with E-state index in [9.17, 15) is 21.6 Å². The minimum atomic E-state index is -3.53. The fourth-order valence-corrected chi connectivity index (χ4v) is 4.55. The molecule has 0 fully saturated rings. The third-order valence-electron chi connectivity index (χ3n) is 4.71. The standard InChI is InChI=1S/C19H25N5O5S2/c1-30(26,27)24-14-5-3-13(4-6-14)16-7-9-22-19-17(16)11-15(23-19)12-18(25)21-8-2-10-31(20,28)29/h3-7,9,15,24H,2,8,10-12H2,1H3,(H,21,25)(H,22,23)(H2,20,28,29). The van der Waals surface area contributed by atoms with E-state index >= 15 is 0 Å². The molecule has 10 nitrogen and oxygen atoms in total. The molecule has 1 amide bonds. The molecule has 5 N–H and O–H groups in total. The summed E-state index contributed by atoms with van der Waals surface area (Å²) in [5.41, 5.74) is 3.33. The van der Waals surface area contributed by atoms with E-state index in [2.05, 4.69) is 20.3 Å². The van der Waals surface area contributed by atoms with Crippen molar-refractivity contribution in [1.29, 1.82) is 0 Å². The zero-order valence-corrected chi connectivity index (χ0v) is 18.6. The van der Waals surface area contributed by atoms with Gasteiger partial charge in [-0.3, -0.25) is 9.52 Å². The van der Waals surface area contributed by atoms with Crippen LogP contribution in [0.2, 0.25) is 0 Å². The second-order valence-corrected chi connectivity index (χ2v) is 10.9. The maximum Gasteiger partial charge on any atom is 0.229 e. The molecule has 31 heavy (non-hydrogen) atoms. The Labute approximate surface area is 181 Å². The van der Waals surface area contributed by atoms with Crippen LogP contribution >= 0.6 is 0 Å². The number of nitrogens with one attached hydrogen (secondary N) is 3. The molecule has 3 rings (SSSR count). The molecule has 1 aromatic heterocycles. The van der Waals surface area contributed by atoms with Crippen LogP contribution in [0.5, 0.6) is 0 Å². The van der Waals surface area contributed by atoms with Gasteiger partial charge in [0.1, 0.15) is 5.82 Å². The van der Waals surface area contributed by atoms with Crippen molar-refractivity contribution in [2.75, 3.05) is 28.6 Å². The molecular formula is C19H25N5O5S2. The van der Waals surface area contributed by atoms with E-state index in [-0.39, 0.29) is 37.1 Å². The molecule has 1 aliphatic heterocycles. The number of aromatic nitrogens is 1. The molecule has 1 aromatic carbocycles. The number of carbonyl (C=O) groups is 1. The van der Waals surface area contributed by atoms with Gasteiger partial charge in [0.05, 0.1) is 12.0 Å². The van der Waals surface area contributed by atoms with Crippen molar-refractivity contribution in [3.63, 3.8) is 0 Å². The lowest BCUT2D eigenvalue weighted by atomic mass is 9.98. The van der Waals surface area contributed by atoms with Gasteiger partial charge in [-0.15, -0.1) is 0 Å². The van der Waals surface area contributed by atoms with Crippen molar-refractivity contribution in [1.82, 2.24) is 10.3 Å². The van der Waals surface area contributed by atoms with Gasteiger partial charge in [0.25, 0.3) is 0 Å². The van der Waals surface area contributed by atoms with Crippen LogP contribution in [0.25, 0.3) is 11.1 Å². The maximum absolute atomic E-state index is 12.2. The number of pyridine rings is 1. The molecule has 2 heterocycles. The molecule has 0 spiro atoms. The first-order valence-corrected chi connectivity index (χ1v) is 13.2. The highest BCUT2D eigenvalue weighted by atomic mass is 32.2. The normalized spacial score (nSPS) is 15.7. The van der Waals surface area contributed by atoms with Crippen LogP contribution in [-0.2, 0) is 31.3 Å². The highest BCUT2D eigenvalue weighted by Gasteiger charge is 2.26. The van der Waals surface area contributed by atoms with Crippen molar-refractivity contribution in [2.24, 2.45) is 5.14 Å². The predicted molar refractivity (Wildman–Crippen MR) is 119 cm³/mol. The monoisotopic (exact) mass is 467 g/mol. The second-order valence-electron chi connectivity index (χ2n) is 7.46. The van der Waals surface area contributed by atoms with E-state index in [1.165, 1.54) is 0 Å². The molecule has 1 atom stereocenters. The SMILES string of the molecule is CS(=O)(=O)Nc1ccc(-c2ccnc3c2CC(CC(=O)NCCCS(N)(=O)=O)N3)cc1. The van der Waals surface area contributed by atoms with E-state index in [0.29, 0.717) is 17.9 Å². The van der Waals surface area contributed by atoms with Gasteiger partial charge in [0.2, 0.25) is 26.0 Å². The number of hydrogen-bond donors (Lipinski definition) is 4. The number of nitrogens with zero attached hydrogens (tertiary/aromatic N) is 1. The molecule has 0 bridgehead atoms. The first-order chi connectivity index (χ1) is 14.5. The van der Waals surface area contributed by atoms with Crippen LogP contribution in [0.4, 0.5) is 11.5 Å². The number of sulfonamides is 2. The lowest BCUT2D eigenvalue weighted by Crippen LogP contribution is -2.31. The summed E-state index contributed by atoms with van der Waals surface area (Å²) in [6.45, 7) is 0.242. The van der Waals surface area contributed by atoms with Gasteiger partial charge >= 0.3 is 0 Å². The Balaban J connectivity index is 1.62. The van der Waals surface area contributed by atoms with Crippen LogP contribution in [0.3, 0.4) is 0 Å². The van der Waals surface area contributed by atoms with E-state index < -0.39 is 20.0 Å². The number of benzene rings is 1. The summed E-state index contributed by atoms with van der Waals surface area (Å²) < 4.78 is 47.0. The van der Waals surface area contributed by atoms with Crippen molar-refractivity contribution in [3.8, 4) is 11.1 Å². The molecule has 0 aliphatic carbocycles. The Bertz CT molecular complexity index is 1160. The van der Waals surface area contributed by atoms with Gasteiger partial charge in [-0.1, -0.05) is 12.1 Å². The third kappa shape index (κ3) is 6.91. The van der Waals surface area contributed by atoms with Gasteiger partial charge in [0, 0.05) is 36.5 Å². The van der Waals surface area contributed by atoms with Crippen LogP contribution in [0.1, 0.15) is 18.4 Å². The molecular weight excluding hydrogens is 442 g/mol. The average molecular weight is 468 g/mol. The molecule has 168 valence electrons. The lowest BCUT2D eigenvalue weighted by Gasteiger charge is -2.11. The van der Waals surface area contributed by atoms with Crippen LogP contribution in [0, 0.1) is 0 Å². The highest BCUT2D eigenvalue weighted by molar-refractivity contribution is 7.92. The van der Waals surface area contributed by atoms with Gasteiger partial charge in [-0.25, -0.2) is 27.0 Å². The number of anilines is 2. The molecule has 1 aliphatic rings. The Morgan fingerprint density at radius 3 is 2.55 bits per heavy atom. The number of primary sulfonamides is 1. The molecule has 0 saturated heterocycles. The summed E-state index contributed by atoms with van der Waals surface area (Å²) in [4.78, 5) is 16.5. The molecule has 12 heteroatoms. The quantitative estimate of drug-likeness (QED) is 0.394. The number of amides is 1. The first-order valence-electron chi connectivity index (χ1n) is 9.60. The number of hydrogen-bond acceptors (Lipinski definition) is 7. The summed E-state index contributed by atoms with van der Waals surface area (Å²) in [7, 11) is -6.87. The summed E-state index contributed by atoms with van der Waals surface area (Å²) in [5, 5.41) is 10.9. The predicted octanol–water partition coefficient (Wildman–Crippen LogP) is 0.642. The Morgan fingerprint density at radius 2 is 1.90 bits per heavy atom. The summed E-state index contributed by atoms with van der Waals surface area (Å²) in [6, 6.07) is 8.79. The van der Waals surface area contributed by atoms with Crippen molar-refractivity contribution in [2.45, 2.75) is 25.3 Å². The van der Waals surface area contributed by atoms with E-state index in [1.807, 2.05) is 18.2 Å². The van der Waals surface area contributed by atoms with Crippen LogP contribution < -0.4 is 20.5 Å². The van der Waals surface area contributed by atoms with Crippen LogP contribution in [-0.4, -0.2) is 52.3 Å². The van der Waals surface area contributed by atoms with Crippen LogP contribution in [0.15, 0.2) is 36.5 Å². The Kier molecular flexibility index (Phi) is 6.82. The molecule has 0 radical (unpaired) electrons. The minimum absolute atomic E-state index is 0.131. The topological polar surface area (TPSA) is 160 Å². The zero-order chi connectivity index (χ0) is 22.6. The van der Waals surface area contributed by atoms with E-state index in [0.717, 1.165) is 22.9 Å². The first kappa shape index (κ1) is 23.0. The van der Waals surface area contributed by atoms with E-state index in [4.69, 9.17) is 5.14 Å². The van der Waals surface area contributed by atoms with Gasteiger partial charge in [0.15, 0.2) is 0 Å². The van der Waals surface area contributed by atoms with Gasteiger partial charge in [-0.05, 0) is 42.2 Å². The number of fused-ring (bicyclic) bond motifs is 1. The summed E-state index contributed by atoms with van der Waals surface area (Å²) >= 11 is 0. The van der Waals surface area contributed by atoms with Crippen molar-refractivity contribution < 1.29 is 21.6 Å². The highest BCUT2D eigenvalue weighted by Crippen LogP contribution is 2.34. The Morgan fingerprint density at radius 1 is 1.19 bits per heavy atom. The second kappa shape index (κ2) is 9.20. The maximum atomic E-state index is 12.2. The molecule has 1 unspecified atom stereocenters. The fourth-order valence-electron chi connectivity index (χ4n) is 3.44. The molecule has 2 aromatic rings. The smallest absolute Gasteiger partial charge is 0.229 e. The number of nitrogens with two attached hydrogens (primary N) is 1. The third-order valence-corrected chi connectivity index (χ3v) is 6.17. The number of rotatable bonds is 9.